The summed E-state index contributed by atoms with van der Waals surface area (Å²) < 4.78 is 18.9. The minimum absolute atomic E-state index is 0.0109. The normalized spacial score (nSPS) is 14.4. The summed E-state index contributed by atoms with van der Waals surface area (Å²) >= 11 is 6.55. The lowest BCUT2D eigenvalue weighted by Crippen LogP contribution is -2.35. The van der Waals surface area contributed by atoms with Crippen LogP contribution in [0.4, 0.5) is 5.95 Å². The van der Waals surface area contributed by atoms with E-state index in [1.54, 1.807) is 13.3 Å². The summed E-state index contributed by atoms with van der Waals surface area (Å²) in [6, 6.07) is 6.95. The van der Waals surface area contributed by atoms with Crippen molar-refractivity contribution in [3.63, 3.8) is 0 Å². The first-order valence-corrected chi connectivity index (χ1v) is 14.8. The maximum absolute atomic E-state index is 12.2. The van der Waals surface area contributed by atoms with Crippen LogP contribution >= 0.6 is 11.6 Å². The number of halogens is 1. The molecule has 1 fully saturated rings. The number of anilines is 1. The van der Waals surface area contributed by atoms with E-state index in [0.29, 0.717) is 36.4 Å². The zero-order valence-corrected chi connectivity index (χ0v) is 25.4. The van der Waals surface area contributed by atoms with E-state index in [4.69, 9.17) is 37.3 Å². The van der Waals surface area contributed by atoms with Gasteiger partial charge in [-0.25, -0.2) is 4.98 Å². The summed E-state index contributed by atoms with van der Waals surface area (Å²) in [4.78, 5) is 25.5. The number of carbonyl (C=O) groups excluding carboxylic acids is 1. The Bertz CT molecular complexity index is 1630. The third-order valence-corrected chi connectivity index (χ3v) is 7.98. The number of fused-ring (bicyclic) bond motifs is 1. The first-order chi connectivity index (χ1) is 20.7. The van der Waals surface area contributed by atoms with Crippen LogP contribution in [0, 0.1) is 13.8 Å². The molecule has 0 saturated heterocycles. The van der Waals surface area contributed by atoms with Crippen LogP contribution in [0.2, 0.25) is 5.15 Å². The third-order valence-electron chi connectivity index (χ3n) is 7.71. The molecule has 4 aromatic rings. The van der Waals surface area contributed by atoms with Crippen molar-refractivity contribution in [1.82, 2.24) is 19.5 Å². The number of carbonyl (C=O) groups is 1. The van der Waals surface area contributed by atoms with E-state index < -0.39 is 6.04 Å². The lowest BCUT2D eigenvalue weighted by molar-refractivity contribution is -0.150. The molecule has 3 heterocycles. The molecule has 43 heavy (non-hydrogen) atoms. The molecule has 11 heteroatoms. The number of aryl methyl sites for hydroxylation is 1. The number of methoxy groups -OCH3 is 1. The fraction of sp³-hybridized carbons (Fsp3) is 0.375. The van der Waals surface area contributed by atoms with Crippen molar-refractivity contribution in [2.45, 2.75) is 64.6 Å². The van der Waals surface area contributed by atoms with Gasteiger partial charge in [0.2, 0.25) is 5.95 Å². The van der Waals surface area contributed by atoms with Gasteiger partial charge in [0.15, 0.2) is 0 Å². The average Bonchev–Trinajstić information content (AvgIpc) is 3.62. The highest BCUT2D eigenvalue weighted by molar-refractivity contribution is 6.34. The number of benzene rings is 1. The van der Waals surface area contributed by atoms with Gasteiger partial charge in [0.1, 0.15) is 34.4 Å². The standard InChI is InChI=1S/C32H37ClN6O4/c1-19-16-36-26(20(2)28(19)41-3)18-39-17-22(27-29(33)37-32(35)38-30(27)39)11-8-21-9-12-23(13-10-21)42-15-14-25(34)31(40)43-24-6-4-5-7-24/h8-13,16-17,24-25H,4-7,14-15,18,34H2,1-3H3,(H2,35,37,38)/t25-/m0/s1. The summed E-state index contributed by atoms with van der Waals surface area (Å²) in [5, 5.41) is 0.979. The van der Waals surface area contributed by atoms with Crippen LogP contribution in [0.3, 0.4) is 0 Å². The number of pyridine rings is 1. The lowest BCUT2D eigenvalue weighted by Gasteiger charge is -2.16. The van der Waals surface area contributed by atoms with Gasteiger partial charge >= 0.3 is 5.97 Å². The largest absolute Gasteiger partial charge is 0.496 e. The highest BCUT2D eigenvalue weighted by Crippen LogP contribution is 2.31. The van der Waals surface area contributed by atoms with E-state index in [9.17, 15) is 4.79 Å². The van der Waals surface area contributed by atoms with Gasteiger partial charge in [-0.15, -0.1) is 0 Å². The van der Waals surface area contributed by atoms with Crippen molar-refractivity contribution in [2.24, 2.45) is 5.73 Å². The third kappa shape index (κ3) is 7.09. The highest BCUT2D eigenvalue weighted by Gasteiger charge is 2.23. The second-order valence-electron chi connectivity index (χ2n) is 10.8. The van der Waals surface area contributed by atoms with E-state index in [-0.39, 0.29) is 23.2 Å². The van der Waals surface area contributed by atoms with Gasteiger partial charge in [-0.1, -0.05) is 35.9 Å². The fourth-order valence-corrected chi connectivity index (χ4v) is 5.65. The number of aromatic nitrogens is 4. The van der Waals surface area contributed by atoms with Gasteiger partial charge in [-0.05, 0) is 57.2 Å². The fourth-order valence-electron chi connectivity index (χ4n) is 5.37. The summed E-state index contributed by atoms with van der Waals surface area (Å²) in [5.41, 5.74) is 17.2. The molecule has 0 radical (unpaired) electrons. The summed E-state index contributed by atoms with van der Waals surface area (Å²) in [5.74, 6) is 1.25. The molecule has 1 saturated carbocycles. The topological polar surface area (TPSA) is 140 Å². The Kier molecular flexibility index (Phi) is 9.47. The van der Waals surface area contributed by atoms with Crippen molar-refractivity contribution in [1.29, 1.82) is 0 Å². The molecule has 226 valence electrons. The second kappa shape index (κ2) is 13.4. The SMILES string of the molecule is COc1c(C)cnc(Cn2cc(C=Cc3ccc(OCC[C@H](N)C(=O)OC4CCCC4)cc3)c3c(Cl)nc(N)nc32)c1C. The van der Waals surface area contributed by atoms with Crippen LogP contribution in [0.5, 0.6) is 11.5 Å². The minimum Gasteiger partial charge on any atom is -0.496 e. The first-order valence-electron chi connectivity index (χ1n) is 14.4. The number of nitrogens with zero attached hydrogens (tertiary/aromatic N) is 4. The van der Waals surface area contributed by atoms with Gasteiger partial charge < -0.3 is 30.2 Å². The summed E-state index contributed by atoms with van der Waals surface area (Å²) in [6.45, 7) is 4.73. The number of hydrogen-bond donors (Lipinski definition) is 2. The van der Waals surface area contributed by atoms with E-state index in [0.717, 1.165) is 59.4 Å². The first kappa shape index (κ1) is 30.3. The zero-order valence-electron chi connectivity index (χ0n) is 24.7. The molecule has 1 atom stereocenters. The number of rotatable bonds is 11. The van der Waals surface area contributed by atoms with Crippen molar-refractivity contribution in [3.8, 4) is 11.5 Å². The predicted octanol–water partition coefficient (Wildman–Crippen LogP) is 5.49. The maximum Gasteiger partial charge on any atom is 0.323 e. The van der Waals surface area contributed by atoms with Crippen LogP contribution in [0.25, 0.3) is 23.2 Å². The molecule has 1 aliphatic rings. The van der Waals surface area contributed by atoms with Crippen LogP contribution in [0.15, 0.2) is 36.7 Å². The minimum atomic E-state index is -0.691. The molecule has 4 N–H and O–H groups in total. The van der Waals surface area contributed by atoms with Crippen LogP contribution < -0.4 is 20.9 Å². The molecule has 1 aliphatic carbocycles. The Morgan fingerprint density at radius 1 is 1.16 bits per heavy atom. The molecule has 0 aliphatic heterocycles. The molecule has 0 unspecified atom stereocenters. The molecule has 0 spiro atoms. The van der Waals surface area contributed by atoms with Crippen LogP contribution in [-0.4, -0.2) is 51.4 Å². The van der Waals surface area contributed by atoms with E-state index in [1.807, 2.05) is 61.0 Å². The van der Waals surface area contributed by atoms with Crippen LogP contribution in [0.1, 0.15) is 60.1 Å². The van der Waals surface area contributed by atoms with Crippen molar-refractivity contribution in [3.05, 3.63) is 69.8 Å². The number of nitrogens with two attached hydrogens (primary N) is 2. The number of ether oxygens (including phenoxy) is 3. The Morgan fingerprint density at radius 3 is 2.63 bits per heavy atom. The van der Waals surface area contributed by atoms with E-state index >= 15 is 0 Å². The number of esters is 1. The monoisotopic (exact) mass is 604 g/mol. The predicted molar refractivity (Wildman–Crippen MR) is 168 cm³/mol. The highest BCUT2D eigenvalue weighted by atomic mass is 35.5. The van der Waals surface area contributed by atoms with Gasteiger partial charge in [-0.3, -0.25) is 9.78 Å². The maximum atomic E-state index is 12.2. The Hall–Kier alpha value is -4.15. The second-order valence-corrected chi connectivity index (χ2v) is 11.2. The van der Waals surface area contributed by atoms with Gasteiger partial charge in [0, 0.05) is 35.5 Å². The zero-order chi connectivity index (χ0) is 30.5. The Morgan fingerprint density at radius 2 is 1.91 bits per heavy atom. The van der Waals surface area contributed by atoms with Crippen molar-refractivity contribution < 1.29 is 19.0 Å². The molecule has 0 amide bonds. The average molecular weight is 605 g/mol. The molecule has 0 bridgehead atoms. The molecule has 1 aromatic carbocycles. The molecule has 3 aromatic heterocycles. The van der Waals surface area contributed by atoms with Crippen molar-refractivity contribution >= 4 is 46.7 Å². The number of hydrogen-bond acceptors (Lipinski definition) is 9. The molecule has 5 rings (SSSR count). The van der Waals surface area contributed by atoms with Gasteiger partial charge in [0.05, 0.1) is 31.3 Å². The van der Waals surface area contributed by atoms with E-state index in [1.165, 1.54) is 0 Å². The molecule has 10 nitrogen and oxygen atoms in total. The van der Waals surface area contributed by atoms with Gasteiger partial charge in [0.25, 0.3) is 0 Å². The summed E-state index contributed by atoms with van der Waals surface area (Å²) in [6.07, 6.45) is 12.2. The van der Waals surface area contributed by atoms with Gasteiger partial charge in [-0.2, -0.15) is 4.98 Å². The Balaban J connectivity index is 1.26. The molecular weight excluding hydrogens is 568 g/mol. The smallest absolute Gasteiger partial charge is 0.323 e. The number of nitrogen functional groups attached to an aromatic ring is 1. The van der Waals surface area contributed by atoms with Crippen LogP contribution in [-0.2, 0) is 16.1 Å². The Labute approximate surface area is 256 Å². The van der Waals surface area contributed by atoms with E-state index in [2.05, 4.69) is 15.0 Å². The lowest BCUT2D eigenvalue weighted by atomic mass is 10.1. The van der Waals surface area contributed by atoms with Crippen molar-refractivity contribution in [2.75, 3.05) is 19.5 Å². The molecular formula is C32H37ClN6O4. The summed E-state index contributed by atoms with van der Waals surface area (Å²) in [7, 11) is 1.66. The quantitative estimate of drug-likeness (QED) is 0.168.